The summed E-state index contributed by atoms with van der Waals surface area (Å²) in [7, 11) is 0. The maximum Gasteiger partial charge on any atom is 0.254 e. The lowest BCUT2D eigenvalue weighted by Gasteiger charge is -2.19. The summed E-state index contributed by atoms with van der Waals surface area (Å²) in [6.45, 7) is 7.07. The van der Waals surface area contributed by atoms with Crippen molar-refractivity contribution in [3.05, 3.63) is 76.0 Å². The van der Waals surface area contributed by atoms with Crippen LogP contribution in [0.4, 0.5) is 5.69 Å². The first-order chi connectivity index (χ1) is 18.0. The molecule has 0 radical (unpaired) electrons. The van der Waals surface area contributed by atoms with Gasteiger partial charge < -0.3 is 15.1 Å². The van der Waals surface area contributed by atoms with Crippen molar-refractivity contribution in [3.63, 3.8) is 0 Å². The number of hydrogen-bond donors (Lipinski definition) is 1. The minimum Gasteiger partial charge on any atom is -0.358 e. The number of anilines is 1. The molecule has 0 bridgehead atoms. The molecule has 0 saturated carbocycles. The monoisotopic (exact) mass is 496 g/mol. The van der Waals surface area contributed by atoms with Gasteiger partial charge in [-0.1, -0.05) is 29.9 Å². The zero-order valence-corrected chi connectivity index (χ0v) is 21.8. The van der Waals surface area contributed by atoms with Gasteiger partial charge in [0, 0.05) is 42.9 Å². The zero-order chi connectivity index (χ0) is 25.4. The van der Waals surface area contributed by atoms with E-state index in [2.05, 4.69) is 47.5 Å². The highest BCUT2D eigenvalue weighted by molar-refractivity contribution is 6.29. The molecule has 3 aliphatic heterocycles. The van der Waals surface area contributed by atoms with E-state index in [1.165, 1.54) is 31.5 Å². The standard InChI is InChI=1S/C31H36N4O2/c1-21(16-22-8-2-3-9-22)32-26-10-6-11-29(36)30(26)28-18-23-17-25-24(19-27(23)33-28)20-35(31(25)37)15-7-14-34-12-4-5-13-34/h2-3,6,8,10,17,19,21,33H,4-5,7,9,11-16,18,20H2,1H3/t21-/m0/s1. The first-order valence-electron chi connectivity index (χ1n) is 13.9. The van der Waals surface area contributed by atoms with Gasteiger partial charge in [-0.15, -0.1) is 0 Å². The Morgan fingerprint density at radius 1 is 1.05 bits per heavy atom. The van der Waals surface area contributed by atoms with E-state index in [9.17, 15) is 9.59 Å². The SMILES string of the molecule is C[C@@H](CC1=CC=CC1)N=C1C=CCC(=O)C1=C1Cc2cc3c(cc2N1)CN(CCCN1CCCC1)C3=O. The van der Waals surface area contributed by atoms with Gasteiger partial charge in [0.15, 0.2) is 5.78 Å². The van der Waals surface area contributed by atoms with Gasteiger partial charge in [-0.05, 0) is 88.0 Å². The Hall–Kier alpha value is -3.25. The molecule has 1 N–H and O–H groups in total. The molecular formula is C31H36N4O2. The Morgan fingerprint density at radius 2 is 1.92 bits per heavy atom. The normalized spacial score (nSPS) is 24.7. The second-order valence-electron chi connectivity index (χ2n) is 11.0. The highest BCUT2D eigenvalue weighted by Gasteiger charge is 2.32. The van der Waals surface area contributed by atoms with Crippen LogP contribution >= 0.6 is 0 Å². The Labute approximate surface area is 219 Å². The molecule has 1 fully saturated rings. The predicted octanol–water partition coefficient (Wildman–Crippen LogP) is 4.99. The molecule has 5 aliphatic rings. The van der Waals surface area contributed by atoms with E-state index in [4.69, 9.17) is 4.99 Å². The van der Waals surface area contributed by atoms with Crippen molar-refractivity contribution in [2.45, 2.75) is 64.5 Å². The average molecular weight is 497 g/mol. The van der Waals surface area contributed by atoms with Crippen molar-refractivity contribution in [2.24, 2.45) is 4.99 Å². The van der Waals surface area contributed by atoms with Crippen molar-refractivity contribution in [2.75, 3.05) is 31.5 Å². The van der Waals surface area contributed by atoms with Crippen LogP contribution in [0.15, 0.2) is 64.3 Å². The van der Waals surface area contributed by atoms with E-state index < -0.39 is 0 Å². The lowest BCUT2D eigenvalue weighted by molar-refractivity contribution is -0.114. The van der Waals surface area contributed by atoms with E-state index in [-0.39, 0.29) is 17.7 Å². The number of amides is 1. The first-order valence-corrected chi connectivity index (χ1v) is 13.9. The first kappa shape index (κ1) is 24.1. The van der Waals surface area contributed by atoms with Crippen LogP contribution in [0.25, 0.3) is 0 Å². The summed E-state index contributed by atoms with van der Waals surface area (Å²) >= 11 is 0. The molecular weight excluding hydrogens is 460 g/mol. The van der Waals surface area contributed by atoms with Crippen LogP contribution < -0.4 is 5.32 Å². The van der Waals surface area contributed by atoms with E-state index in [0.29, 0.717) is 25.0 Å². The number of hydrogen-bond acceptors (Lipinski definition) is 5. The number of likely N-dealkylation sites (tertiary alicyclic amines) is 1. The number of carbonyl (C=O) groups is 2. The number of fused-ring (bicyclic) bond motifs is 2. The number of carbonyl (C=O) groups excluding carboxylic acids is 2. The van der Waals surface area contributed by atoms with Crippen molar-refractivity contribution in [1.82, 2.24) is 9.80 Å². The molecule has 0 spiro atoms. The molecule has 6 nitrogen and oxygen atoms in total. The van der Waals surface area contributed by atoms with Crippen LogP contribution in [0.3, 0.4) is 0 Å². The molecule has 1 aromatic carbocycles. The van der Waals surface area contributed by atoms with Crippen LogP contribution in [0, 0.1) is 0 Å². The van der Waals surface area contributed by atoms with Gasteiger partial charge in [-0.3, -0.25) is 14.6 Å². The molecule has 192 valence electrons. The molecule has 6 rings (SSSR count). The number of ketones is 1. The lowest BCUT2D eigenvalue weighted by Crippen LogP contribution is -2.29. The minimum absolute atomic E-state index is 0.106. The summed E-state index contributed by atoms with van der Waals surface area (Å²) in [5, 5.41) is 3.54. The molecule has 1 aromatic rings. The van der Waals surface area contributed by atoms with Crippen LogP contribution in [0.5, 0.6) is 0 Å². The summed E-state index contributed by atoms with van der Waals surface area (Å²) < 4.78 is 0. The number of nitrogens with one attached hydrogen (secondary N) is 1. The fourth-order valence-corrected chi connectivity index (χ4v) is 6.29. The van der Waals surface area contributed by atoms with Crippen LogP contribution in [0.1, 0.15) is 66.9 Å². The molecule has 0 unspecified atom stereocenters. The number of rotatable bonds is 7. The Bertz CT molecular complexity index is 1280. The molecule has 1 amide bonds. The number of nitrogens with zero attached hydrogens (tertiary/aromatic N) is 3. The van der Waals surface area contributed by atoms with Gasteiger partial charge in [0.1, 0.15) is 0 Å². The summed E-state index contributed by atoms with van der Waals surface area (Å²) in [5.41, 5.74) is 7.79. The third kappa shape index (κ3) is 4.99. The van der Waals surface area contributed by atoms with E-state index in [1.807, 2.05) is 17.1 Å². The Balaban J connectivity index is 1.17. The van der Waals surface area contributed by atoms with Gasteiger partial charge in [0.2, 0.25) is 0 Å². The van der Waals surface area contributed by atoms with Gasteiger partial charge >= 0.3 is 0 Å². The minimum atomic E-state index is 0.106. The number of benzene rings is 1. The maximum atomic E-state index is 13.2. The van der Waals surface area contributed by atoms with Gasteiger partial charge in [-0.2, -0.15) is 0 Å². The summed E-state index contributed by atoms with van der Waals surface area (Å²) in [6.07, 6.45) is 16.9. The molecule has 1 saturated heterocycles. The second-order valence-corrected chi connectivity index (χ2v) is 11.0. The fraction of sp³-hybridized carbons (Fsp3) is 0.452. The van der Waals surface area contributed by atoms with Crippen LogP contribution in [-0.2, 0) is 17.8 Å². The summed E-state index contributed by atoms with van der Waals surface area (Å²) in [5.74, 6) is 0.252. The van der Waals surface area contributed by atoms with Gasteiger partial charge in [0.05, 0.1) is 17.3 Å². The maximum absolute atomic E-state index is 13.2. The van der Waals surface area contributed by atoms with Gasteiger partial charge in [-0.25, -0.2) is 0 Å². The highest BCUT2D eigenvalue weighted by atomic mass is 16.2. The molecule has 6 heteroatoms. The summed E-state index contributed by atoms with van der Waals surface area (Å²) in [4.78, 5) is 35.7. The molecule has 0 aromatic heterocycles. The third-order valence-corrected chi connectivity index (χ3v) is 8.14. The largest absolute Gasteiger partial charge is 0.358 e. The van der Waals surface area contributed by atoms with E-state index in [0.717, 1.165) is 66.1 Å². The Kier molecular flexibility index (Phi) is 6.68. The molecule has 37 heavy (non-hydrogen) atoms. The van der Waals surface area contributed by atoms with Crippen molar-refractivity contribution in [3.8, 4) is 0 Å². The average Bonchev–Trinajstić information content (AvgIpc) is 3.67. The number of allylic oxidation sites excluding steroid dienone is 7. The van der Waals surface area contributed by atoms with Crippen molar-refractivity contribution >= 4 is 23.1 Å². The molecule has 2 aliphatic carbocycles. The molecule has 1 atom stereocenters. The quantitative estimate of drug-likeness (QED) is 0.541. The number of Topliss-reactive ketones (excluding diaryl/α,β-unsaturated/α-hetero) is 1. The van der Waals surface area contributed by atoms with Gasteiger partial charge in [0.25, 0.3) is 5.91 Å². The highest BCUT2D eigenvalue weighted by Crippen LogP contribution is 2.36. The Morgan fingerprint density at radius 3 is 2.73 bits per heavy atom. The van der Waals surface area contributed by atoms with Crippen molar-refractivity contribution in [1.29, 1.82) is 0 Å². The second kappa shape index (κ2) is 10.3. The zero-order valence-electron chi connectivity index (χ0n) is 21.8. The molecule has 3 heterocycles. The number of aliphatic imine (C=N–C) groups is 1. The van der Waals surface area contributed by atoms with E-state index >= 15 is 0 Å². The topological polar surface area (TPSA) is 65.0 Å². The van der Waals surface area contributed by atoms with Crippen LogP contribution in [-0.4, -0.2) is 59.4 Å². The van der Waals surface area contributed by atoms with E-state index in [1.54, 1.807) is 0 Å². The third-order valence-electron chi connectivity index (χ3n) is 8.14. The smallest absolute Gasteiger partial charge is 0.254 e. The lowest BCUT2D eigenvalue weighted by atomic mass is 9.93. The fourth-order valence-electron chi connectivity index (χ4n) is 6.29. The van der Waals surface area contributed by atoms with Crippen molar-refractivity contribution < 1.29 is 9.59 Å². The summed E-state index contributed by atoms with van der Waals surface area (Å²) in [6, 6.07) is 4.28. The van der Waals surface area contributed by atoms with Crippen LogP contribution in [0.2, 0.25) is 0 Å². The predicted molar refractivity (Wildman–Crippen MR) is 148 cm³/mol.